The molecule has 2 aromatic carbocycles. The van der Waals surface area contributed by atoms with E-state index >= 15 is 0 Å². The summed E-state index contributed by atoms with van der Waals surface area (Å²) in [5.74, 6) is 0.523. The van der Waals surface area contributed by atoms with Crippen LogP contribution in [0.4, 0.5) is 0 Å². The van der Waals surface area contributed by atoms with Gasteiger partial charge in [0, 0.05) is 12.4 Å². The lowest BCUT2D eigenvalue weighted by Crippen LogP contribution is -2.05. The first-order chi connectivity index (χ1) is 13.3. The van der Waals surface area contributed by atoms with Crippen LogP contribution < -0.4 is 4.74 Å². The molecule has 4 rings (SSSR count). The average molecular weight is 356 g/mol. The Balaban J connectivity index is 1.88. The summed E-state index contributed by atoms with van der Waals surface area (Å²) in [7, 11) is 1.54. The summed E-state index contributed by atoms with van der Waals surface area (Å²) in [5, 5.41) is 0. The topological polar surface area (TPSA) is 65.2 Å². The smallest absolute Gasteiger partial charge is 0.231 e. The second-order valence-electron chi connectivity index (χ2n) is 5.86. The molecule has 0 N–H and O–H groups in total. The van der Waals surface area contributed by atoms with E-state index in [0.717, 1.165) is 5.56 Å². The Hall–Kier alpha value is -3.73. The lowest BCUT2D eigenvalue weighted by atomic mass is 10.0. The molecular weight excluding hydrogens is 340 g/mol. The first-order valence-electron chi connectivity index (χ1n) is 8.41. The van der Waals surface area contributed by atoms with Crippen LogP contribution in [0.2, 0.25) is 0 Å². The highest BCUT2D eigenvalue weighted by atomic mass is 16.5. The minimum absolute atomic E-state index is 0.233. The molecule has 0 bridgehead atoms. The number of carbonyl (C=O) groups excluding carboxylic acids is 1. The number of oxazole rings is 1. The summed E-state index contributed by atoms with van der Waals surface area (Å²) in [6.45, 7) is 0. The fraction of sp³-hybridized carbons (Fsp3) is 0.0455. The third-order valence-electron chi connectivity index (χ3n) is 4.12. The zero-order valence-electron chi connectivity index (χ0n) is 14.6. The number of methoxy groups -OCH3 is 1. The van der Waals surface area contributed by atoms with Crippen molar-refractivity contribution in [3.8, 4) is 5.75 Å². The molecule has 132 valence electrons. The number of rotatable bonds is 5. The molecule has 0 saturated carbocycles. The number of benzene rings is 2. The van der Waals surface area contributed by atoms with Crippen LogP contribution in [-0.2, 0) is 0 Å². The molecule has 0 aliphatic carbocycles. The Bertz CT molecular complexity index is 1100. The number of pyridine rings is 1. The van der Waals surface area contributed by atoms with E-state index in [9.17, 15) is 4.79 Å². The van der Waals surface area contributed by atoms with Gasteiger partial charge in [-0.3, -0.25) is 9.78 Å². The van der Waals surface area contributed by atoms with Crippen LogP contribution in [0.25, 0.3) is 22.7 Å². The minimum Gasteiger partial charge on any atom is -0.496 e. The van der Waals surface area contributed by atoms with Crippen LogP contribution in [0.3, 0.4) is 0 Å². The zero-order chi connectivity index (χ0) is 18.6. The van der Waals surface area contributed by atoms with Gasteiger partial charge in [0.05, 0.1) is 18.2 Å². The molecule has 2 heterocycles. The summed E-state index contributed by atoms with van der Waals surface area (Å²) in [6.07, 6.45) is 5.09. The fourth-order valence-corrected chi connectivity index (χ4v) is 2.82. The zero-order valence-corrected chi connectivity index (χ0v) is 14.6. The third-order valence-corrected chi connectivity index (χ3v) is 4.12. The van der Waals surface area contributed by atoms with Gasteiger partial charge in [-0.1, -0.05) is 30.3 Å². The molecule has 0 aliphatic heterocycles. The van der Waals surface area contributed by atoms with Gasteiger partial charge in [-0.25, -0.2) is 4.98 Å². The highest BCUT2D eigenvalue weighted by molar-refractivity contribution is 6.32. The first-order valence-corrected chi connectivity index (χ1v) is 8.41. The lowest BCUT2D eigenvalue weighted by Gasteiger charge is -2.08. The van der Waals surface area contributed by atoms with E-state index in [2.05, 4.69) is 9.97 Å². The molecule has 27 heavy (non-hydrogen) atoms. The van der Waals surface area contributed by atoms with Crippen molar-refractivity contribution >= 4 is 28.5 Å². The molecule has 0 fully saturated rings. The van der Waals surface area contributed by atoms with E-state index in [1.165, 1.54) is 7.11 Å². The minimum atomic E-state index is -0.233. The van der Waals surface area contributed by atoms with Gasteiger partial charge in [0.2, 0.25) is 11.7 Å². The second-order valence-corrected chi connectivity index (χ2v) is 5.86. The molecule has 2 aromatic heterocycles. The monoisotopic (exact) mass is 356 g/mol. The molecule has 5 nitrogen and oxygen atoms in total. The van der Waals surface area contributed by atoms with E-state index in [0.29, 0.717) is 28.0 Å². The van der Waals surface area contributed by atoms with Crippen molar-refractivity contribution < 1.29 is 13.9 Å². The number of aromatic nitrogens is 2. The van der Waals surface area contributed by atoms with Crippen LogP contribution in [0, 0.1) is 0 Å². The Morgan fingerprint density at radius 3 is 2.63 bits per heavy atom. The highest BCUT2D eigenvalue weighted by Gasteiger charge is 2.22. The normalized spacial score (nSPS) is 11.5. The van der Waals surface area contributed by atoms with Crippen LogP contribution in [-0.4, -0.2) is 22.9 Å². The van der Waals surface area contributed by atoms with E-state index in [-0.39, 0.29) is 11.7 Å². The standard InChI is InChI=1S/C22H16N2O3/c1-26-19-10-4-2-8-16(19)21(25)17(13-15-7-6-12-23-14-15)22-24-18-9-3-5-11-20(18)27-22/h2-14H,1H3/b17-13-. The Morgan fingerprint density at radius 2 is 1.85 bits per heavy atom. The van der Waals surface area contributed by atoms with Gasteiger partial charge >= 0.3 is 0 Å². The molecule has 0 amide bonds. The summed E-state index contributed by atoms with van der Waals surface area (Å²) in [6, 6.07) is 18.2. The largest absolute Gasteiger partial charge is 0.496 e. The summed E-state index contributed by atoms with van der Waals surface area (Å²) < 4.78 is 11.2. The number of Topliss-reactive ketones (excluding diaryl/α,β-unsaturated/α-hetero) is 1. The molecule has 0 atom stereocenters. The van der Waals surface area contributed by atoms with Crippen molar-refractivity contribution in [1.29, 1.82) is 0 Å². The molecular formula is C22H16N2O3. The maximum Gasteiger partial charge on any atom is 0.231 e. The van der Waals surface area contributed by atoms with Crippen molar-refractivity contribution in [1.82, 2.24) is 9.97 Å². The maximum absolute atomic E-state index is 13.3. The summed E-state index contributed by atoms with van der Waals surface area (Å²) in [5.41, 5.74) is 2.87. The van der Waals surface area contributed by atoms with Gasteiger partial charge in [-0.05, 0) is 42.0 Å². The van der Waals surface area contributed by atoms with E-state index in [1.807, 2.05) is 42.5 Å². The van der Waals surface area contributed by atoms with Gasteiger partial charge in [0.1, 0.15) is 11.3 Å². The van der Waals surface area contributed by atoms with Crippen LogP contribution in [0.1, 0.15) is 21.8 Å². The number of fused-ring (bicyclic) bond motifs is 1. The SMILES string of the molecule is COc1ccccc1C(=O)/C(=C/c1cccnc1)c1nc2ccccc2o1. The van der Waals surface area contributed by atoms with E-state index in [4.69, 9.17) is 9.15 Å². The number of ketones is 1. The number of carbonyl (C=O) groups is 1. The second kappa shape index (κ2) is 7.25. The highest BCUT2D eigenvalue weighted by Crippen LogP contribution is 2.29. The van der Waals surface area contributed by atoms with Crippen LogP contribution in [0.15, 0.2) is 77.5 Å². The number of para-hydroxylation sites is 3. The number of nitrogens with zero attached hydrogens (tertiary/aromatic N) is 2. The fourth-order valence-electron chi connectivity index (χ4n) is 2.82. The summed E-state index contributed by atoms with van der Waals surface area (Å²) >= 11 is 0. The Kier molecular flexibility index (Phi) is 4.49. The van der Waals surface area contributed by atoms with Gasteiger partial charge in [0.15, 0.2) is 5.58 Å². The van der Waals surface area contributed by atoms with Crippen molar-refractivity contribution in [2.24, 2.45) is 0 Å². The Morgan fingerprint density at radius 1 is 1.04 bits per heavy atom. The molecule has 0 radical (unpaired) electrons. The predicted molar refractivity (Wildman–Crippen MR) is 103 cm³/mol. The maximum atomic E-state index is 13.3. The van der Waals surface area contributed by atoms with Crippen molar-refractivity contribution in [3.05, 3.63) is 90.1 Å². The lowest BCUT2D eigenvalue weighted by molar-refractivity contribution is 0.105. The molecule has 0 unspecified atom stereocenters. The van der Waals surface area contributed by atoms with E-state index < -0.39 is 0 Å². The number of allylic oxidation sites excluding steroid dienone is 1. The molecule has 5 heteroatoms. The van der Waals surface area contributed by atoms with Gasteiger partial charge in [-0.15, -0.1) is 0 Å². The van der Waals surface area contributed by atoms with Gasteiger partial charge in [-0.2, -0.15) is 0 Å². The van der Waals surface area contributed by atoms with E-state index in [1.54, 1.807) is 36.7 Å². The molecule has 0 spiro atoms. The molecule has 0 aliphatic rings. The average Bonchev–Trinajstić information content (AvgIpc) is 3.16. The number of hydrogen-bond donors (Lipinski definition) is 0. The molecule has 4 aromatic rings. The van der Waals surface area contributed by atoms with Crippen molar-refractivity contribution in [2.45, 2.75) is 0 Å². The Labute approximate surface area is 156 Å². The van der Waals surface area contributed by atoms with Gasteiger partial charge < -0.3 is 9.15 Å². The predicted octanol–water partition coefficient (Wildman–Crippen LogP) is 4.65. The summed E-state index contributed by atoms with van der Waals surface area (Å²) in [4.78, 5) is 21.9. The molecule has 0 saturated heterocycles. The van der Waals surface area contributed by atoms with Crippen LogP contribution in [0.5, 0.6) is 5.75 Å². The van der Waals surface area contributed by atoms with Crippen LogP contribution >= 0.6 is 0 Å². The number of hydrogen-bond acceptors (Lipinski definition) is 5. The quantitative estimate of drug-likeness (QED) is 0.384. The van der Waals surface area contributed by atoms with Crippen molar-refractivity contribution in [2.75, 3.05) is 7.11 Å². The third kappa shape index (κ3) is 3.35. The van der Waals surface area contributed by atoms with Gasteiger partial charge in [0.25, 0.3) is 0 Å². The number of ether oxygens (including phenoxy) is 1. The first kappa shape index (κ1) is 16.7. The van der Waals surface area contributed by atoms with Crippen molar-refractivity contribution in [3.63, 3.8) is 0 Å².